The van der Waals surface area contributed by atoms with Crippen molar-refractivity contribution in [3.8, 4) is 23.3 Å². The van der Waals surface area contributed by atoms with Crippen molar-refractivity contribution in [3.05, 3.63) is 119 Å². The van der Waals surface area contributed by atoms with Crippen LogP contribution in [0.15, 0.2) is 97.1 Å². The zero-order chi connectivity index (χ0) is 27.6. The van der Waals surface area contributed by atoms with E-state index in [0.29, 0.717) is 40.6 Å². The number of rotatable bonds is 10. The molecule has 0 radical (unpaired) electrons. The first-order valence-corrected chi connectivity index (χ1v) is 12.1. The summed E-state index contributed by atoms with van der Waals surface area (Å²) in [6.45, 7) is 0.355. The SMILES string of the molecule is COC(=O)c1ccccc1Oc1ccc(C(Nc2ccc(C#N)cc2)C(=O)NCc2ccccc2)cc1OC. The summed E-state index contributed by atoms with van der Waals surface area (Å²) in [5.41, 5.74) is 3.04. The van der Waals surface area contributed by atoms with Gasteiger partial charge in [-0.3, -0.25) is 4.79 Å². The number of carbonyl (C=O) groups excluding carboxylic acids is 2. The number of para-hydroxylation sites is 1. The summed E-state index contributed by atoms with van der Waals surface area (Å²) in [7, 11) is 2.80. The van der Waals surface area contributed by atoms with Crippen molar-refractivity contribution in [3.63, 3.8) is 0 Å². The fourth-order valence-electron chi connectivity index (χ4n) is 3.90. The molecule has 1 amide bonds. The number of carbonyl (C=O) groups is 2. The van der Waals surface area contributed by atoms with Crippen molar-refractivity contribution in [1.29, 1.82) is 5.26 Å². The average molecular weight is 522 g/mol. The number of hydrogen-bond acceptors (Lipinski definition) is 7. The molecule has 0 saturated carbocycles. The van der Waals surface area contributed by atoms with E-state index in [1.165, 1.54) is 14.2 Å². The fourth-order valence-corrected chi connectivity index (χ4v) is 3.90. The third-order valence-electron chi connectivity index (χ3n) is 5.93. The Balaban J connectivity index is 1.63. The van der Waals surface area contributed by atoms with Gasteiger partial charge in [-0.05, 0) is 59.7 Å². The Hall–Kier alpha value is -5.29. The van der Waals surface area contributed by atoms with Gasteiger partial charge in [0, 0.05) is 12.2 Å². The zero-order valence-corrected chi connectivity index (χ0v) is 21.5. The topological polar surface area (TPSA) is 110 Å². The first-order valence-electron chi connectivity index (χ1n) is 12.1. The molecule has 0 heterocycles. The molecule has 0 fully saturated rings. The molecule has 196 valence electrons. The van der Waals surface area contributed by atoms with Crippen LogP contribution in [0.4, 0.5) is 5.69 Å². The van der Waals surface area contributed by atoms with Gasteiger partial charge in [0.15, 0.2) is 11.5 Å². The minimum Gasteiger partial charge on any atom is -0.493 e. The number of ether oxygens (including phenoxy) is 3. The number of benzene rings is 4. The van der Waals surface area contributed by atoms with Gasteiger partial charge in [-0.1, -0.05) is 48.5 Å². The van der Waals surface area contributed by atoms with Gasteiger partial charge in [0.2, 0.25) is 5.91 Å². The summed E-state index contributed by atoms with van der Waals surface area (Å²) in [6.07, 6.45) is 0. The Kier molecular flexibility index (Phi) is 8.78. The fraction of sp³-hybridized carbons (Fsp3) is 0.129. The molecule has 39 heavy (non-hydrogen) atoms. The molecule has 1 atom stereocenters. The van der Waals surface area contributed by atoms with Crippen molar-refractivity contribution in [2.24, 2.45) is 0 Å². The molecule has 8 nitrogen and oxygen atoms in total. The lowest BCUT2D eigenvalue weighted by Gasteiger charge is -2.22. The Bertz CT molecular complexity index is 1480. The average Bonchev–Trinajstić information content (AvgIpc) is 2.99. The van der Waals surface area contributed by atoms with E-state index in [1.807, 2.05) is 30.3 Å². The second-order valence-electron chi connectivity index (χ2n) is 8.47. The van der Waals surface area contributed by atoms with Crippen molar-refractivity contribution >= 4 is 17.6 Å². The number of anilines is 1. The molecule has 0 aliphatic carbocycles. The van der Waals surface area contributed by atoms with E-state index in [1.54, 1.807) is 66.7 Å². The van der Waals surface area contributed by atoms with Crippen LogP contribution < -0.4 is 20.1 Å². The smallest absolute Gasteiger partial charge is 0.341 e. The Morgan fingerprint density at radius 2 is 1.56 bits per heavy atom. The van der Waals surface area contributed by atoms with E-state index in [9.17, 15) is 9.59 Å². The molecule has 8 heteroatoms. The summed E-state index contributed by atoms with van der Waals surface area (Å²) < 4.78 is 16.5. The molecule has 4 rings (SSSR count). The van der Waals surface area contributed by atoms with Crippen LogP contribution in [0, 0.1) is 11.3 Å². The number of methoxy groups -OCH3 is 2. The molecule has 4 aromatic rings. The minimum absolute atomic E-state index is 0.255. The van der Waals surface area contributed by atoms with Gasteiger partial charge in [-0.15, -0.1) is 0 Å². The Labute approximate surface area is 226 Å². The van der Waals surface area contributed by atoms with Crippen LogP contribution in [0.1, 0.15) is 33.1 Å². The second kappa shape index (κ2) is 12.8. The predicted molar refractivity (Wildman–Crippen MR) is 147 cm³/mol. The number of amides is 1. The maximum atomic E-state index is 13.4. The molecule has 0 spiro atoms. The summed E-state index contributed by atoms with van der Waals surface area (Å²) >= 11 is 0. The largest absolute Gasteiger partial charge is 0.493 e. The third-order valence-corrected chi connectivity index (χ3v) is 5.93. The van der Waals surface area contributed by atoms with Gasteiger partial charge >= 0.3 is 5.97 Å². The van der Waals surface area contributed by atoms with E-state index in [4.69, 9.17) is 19.5 Å². The van der Waals surface area contributed by atoms with Crippen LogP contribution in [-0.4, -0.2) is 26.1 Å². The van der Waals surface area contributed by atoms with Gasteiger partial charge in [0.25, 0.3) is 0 Å². The molecule has 4 aromatic carbocycles. The Morgan fingerprint density at radius 1 is 0.846 bits per heavy atom. The number of nitrogens with zero attached hydrogens (tertiary/aromatic N) is 1. The van der Waals surface area contributed by atoms with Crippen molar-refractivity contribution in [2.45, 2.75) is 12.6 Å². The van der Waals surface area contributed by atoms with Gasteiger partial charge in [0.05, 0.1) is 25.9 Å². The van der Waals surface area contributed by atoms with Crippen LogP contribution in [0.25, 0.3) is 0 Å². The lowest BCUT2D eigenvalue weighted by atomic mass is 10.0. The summed E-state index contributed by atoms with van der Waals surface area (Å²) in [6, 6.07) is 29.6. The summed E-state index contributed by atoms with van der Waals surface area (Å²) in [5, 5.41) is 15.4. The van der Waals surface area contributed by atoms with Crippen LogP contribution >= 0.6 is 0 Å². The first kappa shape index (κ1) is 26.8. The number of esters is 1. The Morgan fingerprint density at radius 3 is 2.26 bits per heavy atom. The monoisotopic (exact) mass is 521 g/mol. The van der Waals surface area contributed by atoms with E-state index in [2.05, 4.69) is 16.7 Å². The molecule has 1 unspecified atom stereocenters. The van der Waals surface area contributed by atoms with Gasteiger partial charge in [-0.25, -0.2) is 4.79 Å². The highest BCUT2D eigenvalue weighted by molar-refractivity contribution is 5.92. The molecular formula is C31H27N3O5. The highest BCUT2D eigenvalue weighted by atomic mass is 16.5. The summed E-state index contributed by atoms with van der Waals surface area (Å²) in [5.74, 6) is 0.260. The van der Waals surface area contributed by atoms with Crippen molar-refractivity contribution in [1.82, 2.24) is 5.32 Å². The first-order chi connectivity index (χ1) is 19.0. The highest BCUT2D eigenvalue weighted by Gasteiger charge is 2.23. The normalized spacial score (nSPS) is 11.0. The van der Waals surface area contributed by atoms with E-state index in [0.717, 1.165) is 5.56 Å². The van der Waals surface area contributed by atoms with E-state index >= 15 is 0 Å². The van der Waals surface area contributed by atoms with Crippen molar-refractivity contribution in [2.75, 3.05) is 19.5 Å². The third kappa shape index (κ3) is 6.73. The van der Waals surface area contributed by atoms with Gasteiger partial charge < -0.3 is 24.8 Å². The number of nitriles is 1. The van der Waals surface area contributed by atoms with Crippen LogP contribution in [-0.2, 0) is 16.1 Å². The lowest BCUT2D eigenvalue weighted by Crippen LogP contribution is -2.33. The van der Waals surface area contributed by atoms with Gasteiger partial charge in [-0.2, -0.15) is 5.26 Å². The van der Waals surface area contributed by atoms with Crippen LogP contribution in [0.2, 0.25) is 0 Å². The van der Waals surface area contributed by atoms with E-state index < -0.39 is 12.0 Å². The molecular weight excluding hydrogens is 494 g/mol. The zero-order valence-electron chi connectivity index (χ0n) is 21.5. The maximum absolute atomic E-state index is 13.4. The van der Waals surface area contributed by atoms with Crippen LogP contribution in [0.3, 0.4) is 0 Å². The highest BCUT2D eigenvalue weighted by Crippen LogP contribution is 2.36. The van der Waals surface area contributed by atoms with E-state index in [-0.39, 0.29) is 11.5 Å². The lowest BCUT2D eigenvalue weighted by molar-refractivity contribution is -0.122. The molecule has 0 aliphatic heterocycles. The minimum atomic E-state index is -0.785. The molecule has 0 bridgehead atoms. The predicted octanol–water partition coefficient (Wildman–Crippen LogP) is 5.62. The quantitative estimate of drug-likeness (QED) is 0.261. The molecule has 0 aromatic heterocycles. The molecule has 0 aliphatic rings. The molecule has 2 N–H and O–H groups in total. The van der Waals surface area contributed by atoms with Crippen LogP contribution in [0.5, 0.6) is 17.2 Å². The molecule has 0 saturated heterocycles. The number of hydrogen-bond donors (Lipinski definition) is 2. The standard InChI is InChI=1S/C31H27N3O5/c1-37-28-18-23(14-17-27(28)39-26-11-7-6-10-25(26)31(36)38-2)29(34-24-15-12-21(19-32)13-16-24)30(35)33-20-22-8-4-3-5-9-22/h3-18,29,34H,20H2,1-2H3,(H,33,35). The second-order valence-corrected chi connectivity index (χ2v) is 8.47. The van der Waals surface area contributed by atoms with Crippen molar-refractivity contribution < 1.29 is 23.8 Å². The van der Waals surface area contributed by atoms with Gasteiger partial charge in [0.1, 0.15) is 17.4 Å². The summed E-state index contributed by atoms with van der Waals surface area (Å²) in [4.78, 5) is 25.6. The number of nitrogens with one attached hydrogen (secondary N) is 2. The maximum Gasteiger partial charge on any atom is 0.341 e.